The second kappa shape index (κ2) is 5.11. The molecule has 0 spiro atoms. The van der Waals surface area contributed by atoms with Crippen LogP contribution in [0.5, 0.6) is 0 Å². The molecule has 0 aliphatic carbocycles. The average Bonchev–Trinajstić information content (AvgIpc) is 2.19. The molecule has 1 aliphatic heterocycles. The minimum atomic E-state index is -0.421. The van der Waals surface area contributed by atoms with E-state index in [1.54, 1.807) is 11.8 Å². The Morgan fingerprint density at radius 2 is 2.27 bits per heavy atom. The molecule has 2 atom stereocenters. The van der Waals surface area contributed by atoms with Gasteiger partial charge in [-0.1, -0.05) is 0 Å². The first-order valence-electron chi connectivity index (χ1n) is 5.23. The van der Waals surface area contributed by atoms with Crippen molar-refractivity contribution in [3.8, 4) is 0 Å². The van der Waals surface area contributed by atoms with Crippen molar-refractivity contribution in [3.63, 3.8) is 0 Å². The highest BCUT2D eigenvalue weighted by Crippen LogP contribution is 2.07. The summed E-state index contributed by atoms with van der Waals surface area (Å²) in [5.74, 6) is -0.146. The first kappa shape index (κ1) is 12.0. The number of nitrogens with one attached hydrogen (secondary N) is 1. The molecule has 0 aromatic carbocycles. The molecule has 1 heterocycles. The molecule has 1 rings (SSSR count). The van der Waals surface area contributed by atoms with Crippen LogP contribution in [0.25, 0.3) is 0 Å². The van der Waals surface area contributed by atoms with Crippen molar-refractivity contribution >= 4 is 11.8 Å². The largest absolute Gasteiger partial charge is 0.380 e. The zero-order chi connectivity index (χ0) is 11.4. The Morgan fingerprint density at radius 3 is 2.87 bits per heavy atom. The van der Waals surface area contributed by atoms with E-state index in [9.17, 15) is 9.59 Å². The minimum Gasteiger partial charge on any atom is -0.380 e. The molecule has 0 radical (unpaired) electrons. The van der Waals surface area contributed by atoms with Crippen molar-refractivity contribution in [2.75, 3.05) is 19.8 Å². The number of nitrogens with zero attached hydrogens (tertiary/aromatic N) is 1. The third kappa shape index (κ3) is 2.92. The van der Waals surface area contributed by atoms with E-state index in [-0.39, 0.29) is 24.4 Å². The van der Waals surface area contributed by atoms with Crippen LogP contribution in [0.4, 0.5) is 0 Å². The fourth-order valence-electron chi connectivity index (χ4n) is 1.58. The zero-order valence-electron chi connectivity index (χ0n) is 9.45. The van der Waals surface area contributed by atoms with Crippen LogP contribution in [-0.2, 0) is 14.3 Å². The van der Waals surface area contributed by atoms with Gasteiger partial charge in [-0.05, 0) is 20.8 Å². The SMILES string of the molecule is CCOCC(C)N1CC(=O)NC(C)C1=O. The Hall–Kier alpha value is -1.10. The topological polar surface area (TPSA) is 58.6 Å². The van der Waals surface area contributed by atoms with Gasteiger partial charge in [0.25, 0.3) is 0 Å². The third-order valence-electron chi connectivity index (χ3n) is 2.44. The predicted octanol–water partition coefficient (Wildman–Crippen LogP) is -0.242. The summed E-state index contributed by atoms with van der Waals surface area (Å²) in [7, 11) is 0. The lowest BCUT2D eigenvalue weighted by atomic mass is 10.1. The Bertz CT molecular complexity index is 255. The van der Waals surface area contributed by atoms with Crippen LogP contribution >= 0.6 is 0 Å². The fraction of sp³-hybridized carbons (Fsp3) is 0.800. The maximum absolute atomic E-state index is 11.7. The highest BCUT2D eigenvalue weighted by atomic mass is 16.5. The second-order valence-corrected chi connectivity index (χ2v) is 3.76. The number of amides is 2. The molecular weight excluding hydrogens is 196 g/mol. The maximum atomic E-state index is 11.7. The monoisotopic (exact) mass is 214 g/mol. The van der Waals surface area contributed by atoms with Gasteiger partial charge in [0.15, 0.2) is 0 Å². The summed E-state index contributed by atoms with van der Waals surface area (Å²) in [4.78, 5) is 24.6. The molecule has 0 aromatic heterocycles. The van der Waals surface area contributed by atoms with Gasteiger partial charge in [0.05, 0.1) is 19.2 Å². The summed E-state index contributed by atoms with van der Waals surface area (Å²) in [5, 5.41) is 2.60. The Kier molecular flexibility index (Phi) is 4.08. The van der Waals surface area contributed by atoms with Gasteiger partial charge in [-0.15, -0.1) is 0 Å². The number of carbonyl (C=O) groups is 2. The van der Waals surface area contributed by atoms with Crippen LogP contribution in [0.2, 0.25) is 0 Å². The van der Waals surface area contributed by atoms with Crippen molar-refractivity contribution < 1.29 is 14.3 Å². The lowest BCUT2D eigenvalue weighted by Gasteiger charge is -2.35. The molecule has 1 aliphatic rings. The van der Waals surface area contributed by atoms with Gasteiger partial charge in [-0.2, -0.15) is 0 Å². The van der Waals surface area contributed by atoms with Gasteiger partial charge in [0.1, 0.15) is 6.04 Å². The maximum Gasteiger partial charge on any atom is 0.245 e. The predicted molar refractivity (Wildman–Crippen MR) is 55.3 cm³/mol. The Labute approximate surface area is 89.8 Å². The first-order chi connectivity index (χ1) is 7.06. The van der Waals surface area contributed by atoms with E-state index in [2.05, 4.69) is 5.32 Å². The van der Waals surface area contributed by atoms with Gasteiger partial charge >= 0.3 is 0 Å². The number of ether oxygens (including phenoxy) is 1. The summed E-state index contributed by atoms with van der Waals surface area (Å²) in [6.07, 6.45) is 0. The molecule has 5 nitrogen and oxygen atoms in total. The van der Waals surface area contributed by atoms with Gasteiger partial charge in [0, 0.05) is 6.61 Å². The average molecular weight is 214 g/mol. The number of hydrogen-bond donors (Lipinski definition) is 1. The van der Waals surface area contributed by atoms with Gasteiger partial charge < -0.3 is 15.0 Å². The van der Waals surface area contributed by atoms with E-state index < -0.39 is 6.04 Å². The van der Waals surface area contributed by atoms with Crippen LogP contribution in [0.3, 0.4) is 0 Å². The summed E-state index contributed by atoms with van der Waals surface area (Å²) < 4.78 is 5.24. The van der Waals surface area contributed by atoms with Crippen LogP contribution in [0.1, 0.15) is 20.8 Å². The molecular formula is C10H18N2O3. The lowest BCUT2D eigenvalue weighted by Crippen LogP contribution is -2.59. The molecule has 2 amide bonds. The van der Waals surface area contributed by atoms with Crippen LogP contribution in [-0.4, -0.2) is 48.6 Å². The molecule has 0 saturated carbocycles. The van der Waals surface area contributed by atoms with Crippen molar-refractivity contribution in [3.05, 3.63) is 0 Å². The number of rotatable bonds is 4. The number of carbonyl (C=O) groups excluding carboxylic acids is 2. The minimum absolute atomic E-state index is 0.0400. The zero-order valence-corrected chi connectivity index (χ0v) is 9.45. The van der Waals surface area contributed by atoms with E-state index in [1.165, 1.54) is 0 Å². The van der Waals surface area contributed by atoms with Gasteiger partial charge in [-0.25, -0.2) is 0 Å². The molecule has 15 heavy (non-hydrogen) atoms. The summed E-state index contributed by atoms with van der Waals surface area (Å²) in [5.41, 5.74) is 0. The van der Waals surface area contributed by atoms with Crippen LogP contribution in [0, 0.1) is 0 Å². The molecule has 2 unspecified atom stereocenters. The van der Waals surface area contributed by atoms with E-state index in [4.69, 9.17) is 4.74 Å². The number of piperazine rings is 1. The van der Waals surface area contributed by atoms with Crippen LogP contribution in [0.15, 0.2) is 0 Å². The summed E-state index contributed by atoms with van der Waals surface area (Å²) >= 11 is 0. The molecule has 86 valence electrons. The Balaban J connectivity index is 2.58. The summed E-state index contributed by atoms with van der Waals surface area (Å²) in [6, 6.07) is -0.471. The van der Waals surface area contributed by atoms with Gasteiger partial charge in [-0.3, -0.25) is 9.59 Å². The molecule has 0 aromatic rings. The standard InChI is InChI=1S/C10H18N2O3/c1-4-15-6-7(2)12-5-9(13)11-8(3)10(12)14/h7-8H,4-6H2,1-3H3,(H,11,13). The smallest absolute Gasteiger partial charge is 0.245 e. The molecule has 1 N–H and O–H groups in total. The van der Waals surface area contributed by atoms with Crippen LogP contribution < -0.4 is 5.32 Å². The molecule has 1 fully saturated rings. The third-order valence-corrected chi connectivity index (χ3v) is 2.44. The lowest BCUT2D eigenvalue weighted by molar-refractivity contribution is -0.146. The molecule has 0 bridgehead atoms. The fourth-order valence-corrected chi connectivity index (χ4v) is 1.58. The van der Waals surface area contributed by atoms with Crippen molar-refractivity contribution in [2.24, 2.45) is 0 Å². The first-order valence-corrected chi connectivity index (χ1v) is 5.23. The quantitative estimate of drug-likeness (QED) is 0.702. The van der Waals surface area contributed by atoms with Gasteiger partial charge in [0.2, 0.25) is 11.8 Å². The van der Waals surface area contributed by atoms with E-state index in [1.807, 2.05) is 13.8 Å². The summed E-state index contributed by atoms with van der Waals surface area (Å²) in [6.45, 7) is 6.71. The van der Waals surface area contributed by atoms with E-state index in [0.29, 0.717) is 13.2 Å². The normalized spacial score (nSPS) is 23.9. The van der Waals surface area contributed by atoms with Crippen molar-refractivity contribution in [2.45, 2.75) is 32.9 Å². The number of hydrogen-bond acceptors (Lipinski definition) is 3. The van der Waals surface area contributed by atoms with E-state index >= 15 is 0 Å². The van der Waals surface area contributed by atoms with Crippen molar-refractivity contribution in [1.82, 2.24) is 10.2 Å². The molecule has 1 saturated heterocycles. The highest BCUT2D eigenvalue weighted by molar-refractivity contribution is 5.94. The highest BCUT2D eigenvalue weighted by Gasteiger charge is 2.32. The van der Waals surface area contributed by atoms with E-state index in [0.717, 1.165) is 0 Å². The van der Waals surface area contributed by atoms with Crippen molar-refractivity contribution in [1.29, 1.82) is 0 Å². The Morgan fingerprint density at radius 1 is 1.60 bits per heavy atom. The second-order valence-electron chi connectivity index (χ2n) is 3.76. The molecule has 5 heteroatoms.